The van der Waals surface area contributed by atoms with E-state index in [1.165, 1.54) is 0 Å². The normalized spacial score (nSPS) is 20.4. The molecular weight excluding hydrogens is 454 g/mol. The maximum Gasteiger partial charge on any atom is 0.274 e. The highest BCUT2D eigenvalue weighted by atomic mass is 35.5. The SMILES string of the molecule is Cn1nc(C(=O)N2CCCC(C(=O)N3CCCC3)C2)c2c1CCN(C(=O)c1cccc(Cl)c1)C2. The van der Waals surface area contributed by atoms with E-state index < -0.39 is 0 Å². The van der Waals surface area contributed by atoms with Gasteiger partial charge in [0, 0.05) is 68.0 Å². The lowest BCUT2D eigenvalue weighted by Gasteiger charge is -2.34. The molecule has 180 valence electrons. The molecule has 2 fully saturated rings. The molecular formula is C25H30ClN5O3. The Morgan fingerprint density at radius 3 is 2.50 bits per heavy atom. The summed E-state index contributed by atoms with van der Waals surface area (Å²) in [5.74, 6) is -0.218. The number of amides is 3. The second kappa shape index (κ2) is 9.41. The van der Waals surface area contributed by atoms with Gasteiger partial charge in [0.25, 0.3) is 11.8 Å². The van der Waals surface area contributed by atoms with Crippen LogP contribution in [0.5, 0.6) is 0 Å². The van der Waals surface area contributed by atoms with E-state index in [0.29, 0.717) is 48.9 Å². The first-order chi connectivity index (χ1) is 16.4. The molecule has 3 aliphatic heterocycles. The summed E-state index contributed by atoms with van der Waals surface area (Å²) in [5, 5.41) is 5.08. The first kappa shape index (κ1) is 22.9. The van der Waals surface area contributed by atoms with E-state index in [4.69, 9.17) is 11.6 Å². The van der Waals surface area contributed by atoms with E-state index in [9.17, 15) is 14.4 Å². The average Bonchev–Trinajstić information content (AvgIpc) is 3.51. The predicted molar refractivity (Wildman–Crippen MR) is 128 cm³/mol. The maximum atomic E-state index is 13.6. The molecule has 0 bridgehead atoms. The molecule has 0 spiro atoms. The fourth-order valence-electron chi connectivity index (χ4n) is 5.45. The number of benzene rings is 1. The summed E-state index contributed by atoms with van der Waals surface area (Å²) in [6.45, 7) is 3.60. The Kier molecular flexibility index (Phi) is 6.34. The fourth-order valence-corrected chi connectivity index (χ4v) is 5.64. The molecule has 0 radical (unpaired) electrons. The van der Waals surface area contributed by atoms with Crippen LogP contribution in [0.2, 0.25) is 5.02 Å². The third-order valence-corrected chi connectivity index (χ3v) is 7.51. The van der Waals surface area contributed by atoms with Crippen molar-refractivity contribution in [1.29, 1.82) is 0 Å². The number of halogens is 1. The molecule has 0 aliphatic carbocycles. The average molecular weight is 484 g/mol. The molecule has 8 nitrogen and oxygen atoms in total. The van der Waals surface area contributed by atoms with Gasteiger partial charge in [-0.25, -0.2) is 0 Å². The van der Waals surface area contributed by atoms with Gasteiger partial charge in [-0.2, -0.15) is 5.10 Å². The molecule has 9 heteroatoms. The minimum absolute atomic E-state index is 0.107. The molecule has 3 amide bonds. The van der Waals surface area contributed by atoms with Crippen LogP contribution in [0.4, 0.5) is 0 Å². The number of rotatable bonds is 3. The van der Waals surface area contributed by atoms with E-state index in [2.05, 4.69) is 5.10 Å². The maximum absolute atomic E-state index is 13.6. The van der Waals surface area contributed by atoms with Crippen molar-refractivity contribution in [2.75, 3.05) is 32.7 Å². The lowest BCUT2D eigenvalue weighted by molar-refractivity contribution is -0.135. The summed E-state index contributed by atoms with van der Waals surface area (Å²) >= 11 is 6.08. The summed E-state index contributed by atoms with van der Waals surface area (Å²) < 4.78 is 1.76. The van der Waals surface area contributed by atoms with Crippen LogP contribution in [0.25, 0.3) is 0 Å². The molecule has 2 saturated heterocycles. The van der Waals surface area contributed by atoms with E-state index in [1.807, 2.05) is 11.9 Å². The van der Waals surface area contributed by atoms with Crippen LogP contribution in [-0.4, -0.2) is 74.9 Å². The number of likely N-dealkylation sites (tertiary alicyclic amines) is 2. The fraction of sp³-hybridized carbons (Fsp3) is 0.520. The topological polar surface area (TPSA) is 78.8 Å². The zero-order valence-electron chi connectivity index (χ0n) is 19.5. The summed E-state index contributed by atoms with van der Waals surface area (Å²) in [7, 11) is 1.85. The van der Waals surface area contributed by atoms with Gasteiger partial charge in [-0.05, 0) is 43.9 Å². The standard InChI is InChI=1S/C25H30ClN5O3/c1-28-21-9-13-31(23(32)17-6-4-8-19(26)14-17)16-20(21)22(27-28)25(34)30-12-5-7-18(15-30)24(33)29-10-2-3-11-29/h4,6,8,14,18H,2-3,5,7,9-13,15-16H2,1H3. The Morgan fingerprint density at radius 1 is 0.971 bits per heavy atom. The van der Waals surface area contributed by atoms with Crippen molar-refractivity contribution in [3.63, 3.8) is 0 Å². The molecule has 1 unspecified atom stereocenters. The zero-order valence-corrected chi connectivity index (χ0v) is 20.3. The monoisotopic (exact) mass is 483 g/mol. The Balaban J connectivity index is 1.34. The van der Waals surface area contributed by atoms with E-state index in [-0.39, 0.29) is 23.6 Å². The molecule has 2 aromatic rings. The number of hydrogen-bond acceptors (Lipinski definition) is 4. The van der Waals surface area contributed by atoms with Gasteiger partial charge < -0.3 is 14.7 Å². The van der Waals surface area contributed by atoms with Crippen molar-refractivity contribution in [1.82, 2.24) is 24.5 Å². The van der Waals surface area contributed by atoms with Crippen molar-refractivity contribution >= 4 is 29.3 Å². The van der Waals surface area contributed by atoms with Gasteiger partial charge in [-0.15, -0.1) is 0 Å². The minimum atomic E-state index is -0.146. The summed E-state index contributed by atoms with van der Waals surface area (Å²) in [4.78, 5) is 45.1. The van der Waals surface area contributed by atoms with Crippen LogP contribution in [0.15, 0.2) is 24.3 Å². The lowest BCUT2D eigenvalue weighted by atomic mass is 9.95. The van der Waals surface area contributed by atoms with Gasteiger partial charge in [0.15, 0.2) is 5.69 Å². The highest BCUT2D eigenvalue weighted by Crippen LogP contribution is 2.27. The molecule has 1 aromatic carbocycles. The third-order valence-electron chi connectivity index (χ3n) is 7.28. The van der Waals surface area contributed by atoms with Crippen molar-refractivity contribution < 1.29 is 14.4 Å². The molecule has 34 heavy (non-hydrogen) atoms. The highest BCUT2D eigenvalue weighted by molar-refractivity contribution is 6.30. The number of aromatic nitrogens is 2. The van der Waals surface area contributed by atoms with Gasteiger partial charge in [0.05, 0.1) is 12.5 Å². The lowest BCUT2D eigenvalue weighted by Crippen LogP contribution is -2.46. The number of carbonyl (C=O) groups excluding carboxylic acids is 3. The number of aryl methyl sites for hydroxylation is 1. The van der Waals surface area contributed by atoms with Crippen molar-refractivity contribution in [3.05, 3.63) is 51.8 Å². The van der Waals surface area contributed by atoms with Crippen LogP contribution >= 0.6 is 11.6 Å². The molecule has 4 heterocycles. The van der Waals surface area contributed by atoms with Crippen LogP contribution in [0.3, 0.4) is 0 Å². The van der Waals surface area contributed by atoms with Crippen LogP contribution in [-0.2, 0) is 24.8 Å². The van der Waals surface area contributed by atoms with E-state index in [1.54, 1.807) is 38.7 Å². The van der Waals surface area contributed by atoms with Gasteiger partial charge in [0.2, 0.25) is 5.91 Å². The number of nitrogens with zero attached hydrogens (tertiary/aromatic N) is 5. The first-order valence-corrected chi connectivity index (χ1v) is 12.5. The molecule has 1 aromatic heterocycles. The highest BCUT2D eigenvalue weighted by Gasteiger charge is 2.36. The van der Waals surface area contributed by atoms with Crippen molar-refractivity contribution in [3.8, 4) is 0 Å². The van der Waals surface area contributed by atoms with E-state index >= 15 is 0 Å². The van der Waals surface area contributed by atoms with Crippen molar-refractivity contribution in [2.24, 2.45) is 13.0 Å². The van der Waals surface area contributed by atoms with Gasteiger partial charge >= 0.3 is 0 Å². The second-order valence-electron chi connectivity index (χ2n) is 9.51. The zero-order chi connectivity index (χ0) is 23.8. The van der Waals surface area contributed by atoms with Crippen LogP contribution in [0, 0.1) is 5.92 Å². The minimum Gasteiger partial charge on any atom is -0.342 e. The number of hydrogen-bond donors (Lipinski definition) is 0. The van der Waals surface area contributed by atoms with Gasteiger partial charge in [-0.1, -0.05) is 17.7 Å². The molecule has 1 atom stereocenters. The second-order valence-corrected chi connectivity index (χ2v) is 9.94. The van der Waals surface area contributed by atoms with Gasteiger partial charge in [0.1, 0.15) is 0 Å². The smallest absolute Gasteiger partial charge is 0.274 e. The van der Waals surface area contributed by atoms with Crippen molar-refractivity contribution in [2.45, 2.75) is 38.6 Å². The quantitative estimate of drug-likeness (QED) is 0.672. The first-order valence-electron chi connectivity index (χ1n) is 12.1. The largest absolute Gasteiger partial charge is 0.342 e. The Labute approximate surface area is 204 Å². The Bertz CT molecular complexity index is 1120. The Hall–Kier alpha value is -2.87. The van der Waals surface area contributed by atoms with Crippen LogP contribution in [0.1, 0.15) is 57.8 Å². The molecule has 0 saturated carbocycles. The Morgan fingerprint density at radius 2 is 1.74 bits per heavy atom. The molecule has 0 N–H and O–H groups in total. The summed E-state index contributed by atoms with van der Waals surface area (Å²) in [5.41, 5.74) is 2.73. The number of piperidine rings is 1. The summed E-state index contributed by atoms with van der Waals surface area (Å²) in [6.07, 6.45) is 4.39. The summed E-state index contributed by atoms with van der Waals surface area (Å²) in [6, 6.07) is 6.93. The molecule has 5 rings (SSSR count). The van der Waals surface area contributed by atoms with Gasteiger partial charge in [-0.3, -0.25) is 19.1 Å². The number of carbonyl (C=O) groups is 3. The third kappa shape index (κ3) is 4.31. The molecule has 3 aliphatic rings. The van der Waals surface area contributed by atoms with Crippen LogP contribution < -0.4 is 0 Å². The van der Waals surface area contributed by atoms with E-state index in [0.717, 1.165) is 50.0 Å². The number of fused-ring (bicyclic) bond motifs is 1. The predicted octanol–water partition coefficient (Wildman–Crippen LogP) is 2.75.